The normalized spacial score (nSPS) is 10.5. The van der Waals surface area contributed by atoms with Crippen LogP contribution < -0.4 is 14.8 Å². The number of nitrogens with one attached hydrogen (secondary N) is 1. The Morgan fingerprint density at radius 2 is 1.66 bits per heavy atom. The van der Waals surface area contributed by atoms with Gasteiger partial charge in [-0.15, -0.1) is 12.4 Å². The quantitative estimate of drug-likeness (QED) is 0.340. The Hall–Kier alpha value is -1.49. The fraction of sp³-hybridized carbons (Fsp3) is 0.478. The molecular weight excluding hydrogens is 412 g/mol. The van der Waals surface area contributed by atoms with Gasteiger partial charge in [-0.05, 0) is 55.3 Å². The lowest BCUT2D eigenvalue weighted by molar-refractivity contribution is 0.269. The van der Waals surface area contributed by atoms with Crippen molar-refractivity contribution in [2.24, 2.45) is 0 Å². The first-order valence-corrected chi connectivity index (χ1v) is 10.5. The van der Waals surface area contributed by atoms with Gasteiger partial charge < -0.3 is 14.8 Å². The Morgan fingerprint density at radius 3 is 2.34 bits per heavy atom. The summed E-state index contributed by atoms with van der Waals surface area (Å²) < 4.78 is 24.7. The average Bonchev–Trinajstić information content (AvgIpc) is 2.68. The third-order valence-corrected chi connectivity index (χ3v) is 4.73. The number of ether oxygens (including phenoxy) is 2. The molecule has 0 bridgehead atoms. The van der Waals surface area contributed by atoms with Crippen LogP contribution in [0.5, 0.6) is 11.5 Å². The van der Waals surface area contributed by atoms with Crippen molar-refractivity contribution in [2.45, 2.75) is 59.1 Å². The summed E-state index contributed by atoms with van der Waals surface area (Å²) in [6.45, 7) is 6.72. The van der Waals surface area contributed by atoms with E-state index in [1.165, 1.54) is 44.2 Å². The van der Waals surface area contributed by atoms with Gasteiger partial charge in [0.2, 0.25) is 0 Å². The van der Waals surface area contributed by atoms with Crippen molar-refractivity contribution in [1.82, 2.24) is 5.32 Å². The molecule has 2 aromatic carbocycles. The van der Waals surface area contributed by atoms with Crippen molar-refractivity contribution < 1.29 is 13.9 Å². The lowest BCUT2D eigenvalue weighted by Gasteiger charge is -2.16. The van der Waals surface area contributed by atoms with Gasteiger partial charge in [-0.1, -0.05) is 56.3 Å². The molecular formula is C23H32Cl2FNO2. The molecule has 0 amide bonds. The largest absolute Gasteiger partial charge is 0.490 e. The van der Waals surface area contributed by atoms with E-state index < -0.39 is 0 Å². The van der Waals surface area contributed by atoms with Crippen LogP contribution in [0.4, 0.5) is 4.39 Å². The molecule has 0 spiro atoms. The highest BCUT2D eigenvalue weighted by molar-refractivity contribution is 6.32. The maximum absolute atomic E-state index is 13.0. The Labute approximate surface area is 185 Å². The smallest absolute Gasteiger partial charge is 0.180 e. The minimum atomic E-state index is -0.265. The van der Waals surface area contributed by atoms with E-state index in [9.17, 15) is 4.39 Å². The Kier molecular flexibility index (Phi) is 12.8. The van der Waals surface area contributed by atoms with Crippen molar-refractivity contribution >= 4 is 24.0 Å². The van der Waals surface area contributed by atoms with Gasteiger partial charge in [0.05, 0.1) is 11.6 Å². The maximum atomic E-state index is 13.0. The summed E-state index contributed by atoms with van der Waals surface area (Å²) in [5, 5.41) is 3.99. The molecule has 0 aliphatic heterocycles. The average molecular weight is 444 g/mol. The zero-order chi connectivity index (χ0) is 20.2. The van der Waals surface area contributed by atoms with E-state index >= 15 is 0 Å². The first-order valence-electron chi connectivity index (χ1n) is 10.2. The summed E-state index contributed by atoms with van der Waals surface area (Å²) in [5.41, 5.74) is 1.94. The molecule has 29 heavy (non-hydrogen) atoms. The summed E-state index contributed by atoms with van der Waals surface area (Å²) in [6.07, 6.45) is 6.33. The summed E-state index contributed by atoms with van der Waals surface area (Å²) >= 11 is 6.47. The second-order valence-electron chi connectivity index (χ2n) is 6.84. The number of unbranched alkanes of at least 4 members (excludes halogenated alkanes) is 4. The summed E-state index contributed by atoms with van der Waals surface area (Å²) in [6, 6.07) is 10.1. The number of hydrogen-bond donors (Lipinski definition) is 1. The predicted octanol–water partition coefficient (Wildman–Crippen LogP) is 6.94. The van der Waals surface area contributed by atoms with Crippen molar-refractivity contribution in [3.63, 3.8) is 0 Å². The highest BCUT2D eigenvalue weighted by Crippen LogP contribution is 2.37. The van der Waals surface area contributed by atoms with Crippen LogP contribution in [0.15, 0.2) is 36.4 Å². The molecule has 0 aliphatic carbocycles. The minimum Gasteiger partial charge on any atom is -0.490 e. The number of hydrogen-bond acceptors (Lipinski definition) is 3. The van der Waals surface area contributed by atoms with Crippen molar-refractivity contribution in [3.8, 4) is 11.5 Å². The second-order valence-corrected chi connectivity index (χ2v) is 7.25. The monoisotopic (exact) mass is 443 g/mol. The minimum absolute atomic E-state index is 0. The molecule has 0 aliphatic rings. The highest BCUT2D eigenvalue weighted by Gasteiger charge is 2.13. The number of halogens is 3. The van der Waals surface area contributed by atoms with Crippen LogP contribution in [0.2, 0.25) is 5.02 Å². The van der Waals surface area contributed by atoms with E-state index in [4.69, 9.17) is 21.1 Å². The molecule has 0 fully saturated rings. The van der Waals surface area contributed by atoms with Gasteiger partial charge in [0, 0.05) is 6.54 Å². The third kappa shape index (κ3) is 9.24. The van der Waals surface area contributed by atoms with Crippen molar-refractivity contribution in [2.75, 3.05) is 13.2 Å². The fourth-order valence-corrected chi connectivity index (χ4v) is 3.24. The highest BCUT2D eigenvalue weighted by atomic mass is 35.5. The number of benzene rings is 2. The van der Waals surface area contributed by atoms with Gasteiger partial charge in [-0.2, -0.15) is 0 Å². The van der Waals surface area contributed by atoms with E-state index in [0.717, 1.165) is 24.2 Å². The van der Waals surface area contributed by atoms with Crippen LogP contribution in [-0.4, -0.2) is 13.2 Å². The van der Waals surface area contributed by atoms with Gasteiger partial charge >= 0.3 is 0 Å². The van der Waals surface area contributed by atoms with Crippen LogP contribution >= 0.6 is 24.0 Å². The third-order valence-electron chi connectivity index (χ3n) is 4.45. The second kappa shape index (κ2) is 14.5. The fourth-order valence-electron chi connectivity index (χ4n) is 2.95. The maximum Gasteiger partial charge on any atom is 0.180 e. The van der Waals surface area contributed by atoms with Gasteiger partial charge in [0.25, 0.3) is 0 Å². The van der Waals surface area contributed by atoms with Crippen molar-refractivity contribution in [1.29, 1.82) is 0 Å². The van der Waals surface area contributed by atoms with Crippen LogP contribution in [0.25, 0.3) is 0 Å². The first-order chi connectivity index (χ1) is 13.6. The van der Waals surface area contributed by atoms with Gasteiger partial charge in [-0.25, -0.2) is 4.39 Å². The van der Waals surface area contributed by atoms with Crippen LogP contribution in [0.1, 0.15) is 57.1 Å². The van der Waals surface area contributed by atoms with E-state index in [1.807, 2.05) is 19.1 Å². The molecule has 0 heterocycles. The van der Waals surface area contributed by atoms with E-state index in [1.54, 1.807) is 12.1 Å². The zero-order valence-corrected chi connectivity index (χ0v) is 18.9. The topological polar surface area (TPSA) is 30.5 Å². The summed E-state index contributed by atoms with van der Waals surface area (Å²) in [7, 11) is 0. The number of rotatable bonds is 13. The zero-order valence-electron chi connectivity index (χ0n) is 17.3. The molecule has 0 radical (unpaired) electrons. The lowest BCUT2D eigenvalue weighted by Crippen LogP contribution is -2.15. The molecule has 0 aromatic heterocycles. The molecule has 0 saturated heterocycles. The molecule has 1 N–H and O–H groups in total. The molecule has 0 unspecified atom stereocenters. The van der Waals surface area contributed by atoms with E-state index in [-0.39, 0.29) is 18.2 Å². The standard InChI is InChI=1S/C23H31ClFNO2.ClH/c1-3-5-6-7-8-13-26-16-19-14-21(24)23(22(15-19)27-4-2)28-17-18-9-11-20(25)12-10-18;/h9-12,14-15,26H,3-8,13,16-17H2,1-2H3;1H. The molecule has 0 atom stereocenters. The van der Waals surface area contributed by atoms with E-state index in [0.29, 0.717) is 29.7 Å². The van der Waals surface area contributed by atoms with Gasteiger partial charge in [0.1, 0.15) is 12.4 Å². The van der Waals surface area contributed by atoms with Crippen LogP contribution in [0, 0.1) is 5.82 Å². The molecule has 2 aromatic rings. The molecule has 3 nitrogen and oxygen atoms in total. The van der Waals surface area contributed by atoms with Crippen molar-refractivity contribution in [3.05, 3.63) is 58.4 Å². The summed E-state index contributed by atoms with van der Waals surface area (Å²) in [5.74, 6) is 0.895. The van der Waals surface area contributed by atoms with E-state index in [2.05, 4.69) is 12.2 Å². The Bertz CT molecular complexity index is 711. The van der Waals surface area contributed by atoms with Crippen LogP contribution in [-0.2, 0) is 13.2 Å². The van der Waals surface area contributed by atoms with Crippen LogP contribution in [0.3, 0.4) is 0 Å². The first kappa shape index (κ1) is 25.5. The lowest BCUT2D eigenvalue weighted by atomic mass is 10.1. The van der Waals surface area contributed by atoms with Gasteiger partial charge in [0.15, 0.2) is 11.5 Å². The Balaban J connectivity index is 0.00000420. The molecule has 6 heteroatoms. The SMILES string of the molecule is CCCCCCCNCc1cc(Cl)c(OCc2ccc(F)cc2)c(OCC)c1.Cl. The van der Waals surface area contributed by atoms with Gasteiger partial charge in [-0.3, -0.25) is 0 Å². The molecule has 0 saturated carbocycles. The Morgan fingerprint density at radius 1 is 0.931 bits per heavy atom. The molecule has 162 valence electrons. The summed E-state index contributed by atoms with van der Waals surface area (Å²) in [4.78, 5) is 0. The predicted molar refractivity (Wildman–Crippen MR) is 121 cm³/mol. The molecule has 2 rings (SSSR count).